The van der Waals surface area contributed by atoms with Crippen LogP contribution in [0.1, 0.15) is 19.3 Å². The number of benzene rings is 1. The average Bonchev–Trinajstić information content (AvgIpc) is 2.53. The minimum absolute atomic E-state index is 0.0123. The molecule has 0 bridgehead atoms. The number of hydrogen-bond acceptors (Lipinski definition) is 5. The van der Waals surface area contributed by atoms with Crippen molar-refractivity contribution in [3.05, 3.63) is 40.9 Å². The zero-order chi connectivity index (χ0) is 15.5. The van der Waals surface area contributed by atoms with Crippen LogP contribution >= 0.6 is 0 Å². The molecule has 1 aromatic carbocycles. The van der Waals surface area contributed by atoms with Crippen LogP contribution in [0, 0.1) is 0 Å². The number of aliphatic hydroxyl groups excluding tert-OH is 1. The highest BCUT2D eigenvalue weighted by Gasteiger charge is 2.24. The lowest BCUT2D eigenvalue weighted by Gasteiger charge is -2.28. The Morgan fingerprint density at radius 2 is 2.23 bits per heavy atom. The standard InChI is InChI=1S/C16H19N3O3/c20-11(8-14-15(21)6-3-7-17-14)9-19-10-18-13-5-2-1-4-12(13)16(19)22/h1-2,4-5,10,14-15,17,21H,3,6-9H2/t14-,15?/m1/s1. The Bertz CT molecular complexity index is 741. The number of carbonyl (C=O) groups excluding carboxylic acids is 1. The molecule has 1 fully saturated rings. The molecule has 1 aliphatic heterocycles. The Morgan fingerprint density at radius 1 is 1.41 bits per heavy atom. The van der Waals surface area contributed by atoms with Crippen LogP contribution in [-0.4, -0.2) is 39.1 Å². The van der Waals surface area contributed by atoms with Crippen molar-refractivity contribution in [3.8, 4) is 0 Å². The molecule has 0 saturated carbocycles. The second kappa shape index (κ2) is 6.37. The molecule has 0 spiro atoms. The van der Waals surface area contributed by atoms with Gasteiger partial charge in [-0.2, -0.15) is 0 Å². The average molecular weight is 301 g/mol. The molecule has 0 amide bonds. The Balaban J connectivity index is 1.74. The van der Waals surface area contributed by atoms with Gasteiger partial charge >= 0.3 is 0 Å². The minimum Gasteiger partial charge on any atom is -0.391 e. The van der Waals surface area contributed by atoms with Crippen LogP contribution in [0.15, 0.2) is 35.4 Å². The number of fused-ring (bicyclic) bond motifs is 1. The summed E-state index contributed by atoms with van der Waals surface area (Å²) in [5, 5.41) is 13.5. The fraction of sp³-hybridized carbons (Fsp3) is 0.438. The van der Waals surface area contributed by atoms with Gasteiger partial charge in [0.2, 0.25) is 0 Å². The SMILES string of the molecule is O=C(C[C@H]1NCCCC1O)Cn1cnc2ccccc2c1=O. The van der Waals surface area contributed by atoms with Gasteiger partial charge in [0, 0.05) is 12.5 Å². The molecular weight excluding hydrogens is 282 g/mol. The molecule has 2 aromatic rings. The highest BCUT2D eigenvalue weighted by Crippen LogP contribution is 2.12. The molecule has 6 nitrogen and oxygen atoms in total. The van der Waals surface area contributed by atoms with Crippen molar-refractivity contribution >= 4 is 16.7 Å². The van der Waals surface area contributed by atoms with E-state index in [2.05, 4.69) is 10.3 Å². The van der Waals surface area contributed by atoms with Gasteiger partial charge in [0.1, 0.15) is 0 Å². The molecule has 2 atom stereocenters. The van der Waals surface area contributed by atoms with Crippen molar-refractivity contribution in [1.29, 1.82) is 0 Å². The molecule has 2 N–H and O–H groups in total. The number of rotatable bonds is 4. The summed E-state index contributed by atoms with van der Waals surface area (Å²) in [5.74, 6) is -0.0855. The molecule has 1 saturated heterocycles. The van der Waals surface area contributed by atoms with Crippen LogP contribution in [-0.2, 0) is 11.3 Å². The van der Waals surface area contributed by atoms with Crippen molar-refractivity contribution in [3.63, 3.8) is 0 Å². The van der Waals surface area contributed by atoms with Gasteiger partial charge in [-0.3, -0.25) is 14.2 Å². The number of Topliss-reactive ketones (excluding diaryl/α,β-unsaturated/α-hetero) is 1. The van der Waals surface area contributed by atoms with Crippen molar-refractivity contribution < 1.29 is 9.90 Å². The lowest BCUT2D eigenvalue weighted by atomic mass is 9.97. The monoisotopic (exact) mass is 301 g/mol. The molecule has 1 aromatic heterocycles. The maximum Gasteiger partial charge on any atom is 0.261 e. The predicted octanol–water partition coefficient (Wildman–Crippen LogP) is 0.469. The van der Waals surface area contributed by atoms with Crippen LogP contribution in [0.4, 0.5) is 0 Å². The van der Waals surface area contributed by atoms with Crippen LogP contribution in [0.25, 0.3) is 10.9 Å². The zero-order valence-corrected chi connectivity index (χ0v) is 12.2. The first kappa shape index (κ1) is 14.9. The van der Waals surface area contributed by atoms with Crippen molar-refractivity contribution in [2.45, 2.75) is 38.0 Å². The molecule has 116 valence electrons. The number of para-hydroxylation sites is 1. The fourth-order valence-corrected chi connectivity index (χ4v) is 2.86. The third kappa shape index (κ3) is 3.08. The van der Waals surface area contributed by atoms with Crippen LogP contribution in [0.3, 0.4) is 0 Å². The maximum atomic E-state index is 12.3. The summed E-state index contributed by atoms with van der Waals surface area (Å²) < 4.78 is 1.33. The summed E-state index contributed by atoms with van der Waals surface area (Å²) in [5.41, 5.74) is 0.414. The number of hydrogen-bond donors (Lipinski definition) is 2. The van der Waals surface area contributed by atoms with E-state index < -0.39 is 6.10 Å². The number of nitrogens with one attached hydrogen (secondary N) is 1. The minimum atomic E-state index is -0.496. The topological polar surface area (TPSA) is 84.2 Å². The van der Waals surface area contributed by atoms with Gasteiger partial charge < -0.3 is 10.4 Å². The molecule has 1 unspecified atom stereocenters. The fourth-order valence-electron chi connectivity index (χ4n) is 2.86. The van der Waals surface area contributed by atoms with Gasteiger partial charge in [0.05, 0.1) is 29.9 Å². The number of aromatic nitrogens is 2. The Hall–Kier alpha value is -2.05. The highest BCUT2D eigenvalue weighted by molar-refractivity contribution is 5.80. The predicted molar refractivity (Wildman–Crippen MR) is 82.7 cm³/mol. The lowest BCUT2D eigenvalue weighted by Crippen LogP contribution is -2.46. The Morgan fingerprint density at radius 3 is 3.05 bits per heavy atom. The summed E-state index contributed by atoms with van der Waals surface area (Å²) in [6, 6.07) is 6.86. The van der Waals surface area contributed by atoms with Gasteiger partial charge in [0.15, 0.2) is 5.78 Å². The molecule has 1 aliphatic rings. The van der Waals surface area contributed by atoms with E-state index in [1.807, 2.05) is 6.07 Å². The molecule has 22 heavy (non-hydrogen) atoms. The van der Waals surface area contributed by atoms with Crippen LogP contribution < -0.4 is 10.9 Å². The molecule has 2 heterocycles. The van der Waals surface area contributed by atoms with E-state index in [0.29, 0.717) is 17.3 Å². The Labute approximate surface area is 127 Å². The zero-order valence-electron chi connectivity index (χ0n) is 12.2. The molecule has 0 aliphatic carbocycles. The summed E-state index contributed by atoms with van der Waals surface area (Å²) in [6.45, 7) is 0.800. The number of nitrogens with zero attached hydrogens (tertiary/aromatic N) is 2. The third-order valence-corrected chi connectivity index (χ3v) is 4.07. The van der Waals surface area contributed by atoms with Crippen molar-refractivity contribution in [2.24, 2.45) is 0 Å². The lowest BCUT2D eigenvalue weighted by molar-refractivity contribution is -0.121. The number of aliphatic hydroxyl groups is 1. The second-order valence-corrected chi connectivity index (χ2v) is 5.71. The number of carbonyl (C=O) groups is 1. The second-order valence-electron chi connectivity index (χ2n) is 5.71. The van der Waals surface area contributed by atoms with E-state index in [1.165, 1.54) is 10.9 Å². The quantitative estimate of drug-likeness (QED) is 0.857. The van der Waals surface area contributed by atoms with Gasteiger partial charge in [-0.05, 0) is 31.5 Å². The maximum absolute atomic E-state index is 12.3. The molecule has 6 heteroatoms. The van der Waals surface area contributed by atoms with E-state index >= 15 is 0 Å². The van der Waals surface area contributed by atoms with Crippen molar-refractivity contribution in [2.75, 3.05) is 6.54 Å². The van der Waals surface area contributed by atoms with Crippen molar-refractivity contribution in [1.82, 2.24) is 14.9 Å². The summed E-state index contributed by atoms with van der Waals surface area (Å²) in [6.07, 6.45) is 2.76. The van der Waals surface area contributed by atoms with Gasteiger partial charge in [-0.25, -0.2) is 4.98 Å². The number of ketones is 1. The first-order valence-corrected chi connectivity index (χ1v) is 7.52. The molecule has 3 rings (SSSR count). The Kier molecular flexibility index (Phi) is 4.31. The number of piperidine rings is 1. The van der Waals surface area contributed by atoms with E-state index in [9.17, 15) is 14.7 Å². The van der Waals surface area contributed by atoms with E-state index in [1.54, 1.807) is 18.2 Å². The van der Waals surface area contributed by atoms with E-state index in [4.69, 9.17) is 0 Å². The van der Waals surface area contributed by atoms with Gasteiger partial charge in [-0.1, -0.05) is 12.1 Å². The highest BCUT2D eigenvalue weighted by atomic mass is 16.3. The largest absolute Gasteiger partial charge is 0.391 e. The normalized spacial score (nSPS) is 21.9. The summed E-state index contributed by atoms with van der Waals surface area (Å²) in [4.78, 5) is 28.7. The van der Waals surface area contributed by atoms with Crippen LogP contribution in [0.2, 0.25) is 0 Å². The summed E-state index contributed by atoms with van der Waals surface area (Å²) >= 11 is 0. The van der Waals surface area contributed by atoms with E-state index in [0.717, 1.165) is 13.0 Å². The smallest absolute Gasteiger partial charge is 0.261 e. The molecule has 0 radical (unpaired) electrons. The van der Waals surface area contributed by atoms with E-state index in [-0.39, 0.29) is 30.3 Å². The first-order chi connectivity index (χ1) is 10.6. The van der Waals surface area contributed by atoms with Gasteiger partial charge in [0.25, 0.3) is 5.56 Å². The third-order valence-electron chi connectivity index (χ3n) is 4.07. The summed E-state index contributed by atoms with van der Waals surface area (Å²) in [7, 11) is 0. The van der Waals surface area contributed by atoms with Gasteiger partial charge in [-0.15, -0.1) is 0 Å². The van der Waals surface area contributed by atoms with Crippen LogP contribution in [0.5, 0.6) is 0 Å². The molecular formula is C16H19N3O3. The first-order valence-electron chi connectivity index (χ1n) is 7.52.